The minimum atomic E-state index is -3.61. The Morgan fingerprint density at radius 3 is 2.67 bits per heavy atom. The monoisotopic (exact) mass is 352 g/mol. The molecule has 1 N–H and O–H groups in total. The predicted molar refractivity (Wildman–Crippen MR) is 90.2 cm³/mol. The average molecular weight is 352 g/mol. The van der Waals surface area contributed by atoms with Crippen LogP contribution in [0.1, 0.15) is 55.5 Å². The number of hydrogen-bond acceptors (Lipinski definition) is 4. The molecule has 1 aromatic heterocycles. The van der Waals surface area contributed by atoms with Gasteiger partial charge in [-0.15, -0.1) is 0 Å². The van der Waals surface area contributed by atoms with Gasteiger partial charge in [-0.1, -0.05) is 11.6 Å². The molecule has 0 atom stereocenters. The first kappa shape index (κ1) is 17.2. The van der Waals surface area contributed by atoms with Crippen LogP contribution in [0.5, 0.6) is 0 Å². The lowest BCUT2D eigenvalue weighted by molar-refractivity contribution is 0.0921. The molecule has 0 unspecified atom stereocenters. The van der Waals surface area contributed by atoms with Crippen molar-refractivity contribution >= 4 is 15.9 Å². The Balaban J connectivity index is 1.56. The second-order valence-electron chi connectivity index (χ2n) is 6.34. The first-order valence-corrected chi connectivity index (χ1v) is 10.1. The van der Waals surface area contributed by atoms with Crippen LogP contribution in [0.25, 0.3) is 0 Å². The van der Waals surface area contributed by atoms with E-state index in [0.29, 0.717) is 19.6 Å². The second kappa shape index (κ2) is 7.53. The highest BCUT2D eigenvalue weighted by molar-refractivity contribution is 7.89. The van der Waals surface area contributed by atoms with Crippen LogP contribution < -0.4 is 5.32 Å². The summed E-state index contributed by atoms with van der Waals surface area (Å²) >= 11 is 0. The van der Waals surface area contributed by atoms with Crippen LogP contribution in [-0.4, -0.2) is 38.3 Å². The molecule has 2 heterocycles. The molecular weight excluding hydrogens is 328 g/mol. The van der Waals surface area contributed by atoms with Crippen molar-refractivity contribution in [2.45, 2.75) is 50.0 Å². The van der Waals surface area contributed by atoms with E-state index in [1.165, 1.54) is 34.9 Å². The van der Waals surface area contributed by atoms with Gasteiger partial charge in [-0.25, -0.2) is 8.42 Å². The molecule has 1 saturated heterocycles. The minimum absolute atomic E-state index is 0.0467. The smallest absolute Gasteiger partial charge is 0.287 e. The summed E-state index contributed by atoms with van der Waals surface area (Å²) in [5, 5.41) is 2.65. The molecule has 0 bridgehead atoms. The summed E-state index contributed by atoms with van der Waals surface area (Å²) in [6.45, 7) is 1.57. The summed E-state index contributed by atoms with van der Waals surface area (Å²) in [5.74, 6) is -0.320. The molecule has 1 fully saturated rings. The number of hydrogen-bond donors (Lipinski definition) is 1. The standard InChI is InChI=1S/C17H24N2O4S/c20-17(18-11-10-14-6-2-1-3-7-14)15-8-9-16(23-15)24(21,22)19-12-4-5-13-19/h6,8-9H,1-5,7,10-13H2,(H,18,20). The lowest BCUT2D eigenvalue weighted by Gasteiger charge is -2.13. The van der Waals surface area contributed by atoms with Crippen LogP contribution in [0.15, 0.2) is 33.3 Å². The number of amides is 1. The Bertz CT molecular complexity index is 715. The third-order valence-corrected chi connectivity index (χ3v) is 6.35. The first-order chi connectivity index (χ1) is 11.6. The Morgan fingerprint density at radius 2 is 1.96 bits per heavy atom. The maximum absolute atomic E-state index is 12.4. The summed E-state index contributed by atoms with van der Waals surface area (Å²) in [5.41, 5.74) is 1.39. The maximum atomic E-state index is 12.4. The number of nitrogens with zero attached hydrogens (tertiary/aromatic N) is 1. The van der Waals surface area contributed by atoms with Gasteiger partial charge < -0.3 is 9.73 Å². The number of carbonyl (C=O) groups excluding carboxylic acids is 1. The minimum Gasteiger partial charge on any atom is -0.438 e. The molecule has 2 aliphatic rings. The van der Waals surface area contributed by atoms with Crippen molar-refractivity contribution in [3.05, 3.63) is 29.5 Å². The Hall–Kier alpha value is -1.60. The SMILES string of the molecule is O=C(NCCC1=CCCCC1)c1ccc(S(=O)(=O)N2CCCC2)o1. The molecule has 0 radical (unpaired) electrons. The summed E-state index contributed by atoms with van der Waals surface area (Å²) in [6, 6.07) is 2.80. The van der Waals surface area contributed by atoms with Gasteiger partial charge >= 0.3 is 0 Å². The van der Waals surface area contributed by atoms with Gasteiger partial charge in [0.1, 0.15) is 0 Å². The fourth-order valence-corrected chi connectivity index (χ4v) is 4.62. The molecule has 7 heteroatoms. The van der Waals surface area contributed by atoms with Crippen molar-refractivity contribution < 1.29 is 17.6 Å². The molecule has 1 aliphatic carbocycles. The molecule has 0 aromatic carbocycles. The number of rotatable bonds is 6. The lowest BCUT2D eigenvalue weighted by Crippen LogP contribution is -2.27. The lowest BCUT2D eigenvalue weighted by atomic mass is 9.97. The zero-order valence-electron chi connectivity index (χ0n) is 13.8. The predicted octanol–water partition coefficient (Wildman–Crippen LogP) is 2.68. The van der Waals surface area contributed by atoms with Crippen LogP contribution in [0.2, 0.25) is 0 Å². The largest absolute Gasteiger partial charge is 0.438 e. The van der Waals surface area contributed by atoms with Crippen LogP contribution in [0.3, 0.4) is 0 Å². The molecule has 1 amide bonds. The number of furan rings is 1. The van der Waals surface area contributed by atoms with Gasteiger partial charge in [0.15, 0.2) is 5.76 Å². The molecule has 0 saturated carbocycles. The summed E-state index contributed by atoms with van der Waals surface area (Å²) in [7, 11) is -3.61. The maximum Gasteiger partial charge on any atom is 0.287 e. The quantitative estimate of drug-likeness (QED) is 0.798. The number of sulfonamides is 1. The normalized spacial score (nSPS) is 19.2. The van der Waals surface area contributed by atoms with Crippen molar-refractivity contribution in [3.8, 4) is 0 Å². The second-order valence-corrected chi connectivity index (χ2v) is 8.21. The van der Waals surface area contributed by atoms with E-state index >= 15 is 0 Å². The third-order valence-electron chi connectivity index (χ3n) is 4.58. The van der Waals surface area contributed by atoms with Gasteiger partial charge in [-0.2, -0.15) is 4.31 Å². The van der Waals surface area contributed by atoms with Gasteiger partial charge in [-0.05, 0) is 57.1 Å². The van der Waals surface area contributed by atoms with E-state index in [1.54, 1.807) is 0 Å². The van der Waals surface area contributed by atoms with Crippen LogP contribution >= 0.6 is 0 Å². The number of carbonyl (C=O) groups is 1. The topological polar surface area (TPSA) is 79.6 Å². The van der Waals surface area contributed by atoms with Crippen molar-refractivity contribution in [3.63, 3.8) is 0 Å². The summed E-state index contributed by atoms with van der Waals surface area (Å²) in [4.78, 5) is 12.1. The number of allylic oxidation sites excluding steroid dienone is 1. The summed E-state index contributed by atoms with van der Waals surface area (Å²) < 4.78 is 31.5. The van der Waals surface area contributed by atoms with Crippen LogP contribution in [-0.2, 0) is 10.0 Å². The summed E-state index contributed by atoms with van der Waals surface area (Å²) in [6.07, 6.45) is 9.52. The molecule has 132 valence electrons. The van der Waals surface area contributed by atoms with Gasteiger partial charge in [0.2, 0.25) is 5.09 Å². The van der Waals surface area contributed by atoms with Gasteiger partial charge in [-0.3, -0.25) is 4.79 Å². The Kier molecular flexibility index (Phi) is 5.40. The van der Waals surface area contributed by atoms with E-state index in [9.17, 15) is 13.2 Å². The Labute approximate surface area is 143 Å². The fraction of sp³-hybridized carbons (Fsp3) is 0.588. The zero-order chi connectivity index (χ0) is 17.0. The molecule has 0 spiro atoms. The van der Waals surface area contributed by atoms with Crippen molar-refractivity contribution in [1.82, 2.24) is 9.62 Å². The first-order valence-electron chi connectivity index (χ1n) is 8.63. The molecule has 1 aromatic rings. The van der Waals surface area contributed by atoms with Gasteiger partial charge in [0, 0.05) is 19.6 Å². The number of nitrogens with one attached hydrogen (secondary N) is 1. The van der Waals surface area contributed by atoms with Gasteiger partial charge in [0.25, 0.3) is 15.9 Å². The van der Waals surface area contributed by atoms with Gasteiger partial charge in [0.05, 0.1) is 0 Å². The van der Waals surface area contributed by atoms with Crippen LogP contribution in [0.4, 0.5) is 0 Å². The highest BCUT2D eigenvalue weighted by Crippen LogP contribution is 2.23. The highest BCUT2D eigenvalue weighted by Gasteiger charge is 2.30. The molecule has 3 rings (SSSR count). The van der Waals surface area contributed by atoms with Crippen molar-refractivity contribution in [1.29, 1.82) is 0 Å². The van der Waals surface area contributed by atoms with Crippen molar-refractivity contribution in [2.75, 3.05) is 19.6 Å². The highest BCUT2D eigenvalue weighted by atomic mass is 32.2. The molecular formula is C17H24N2O4S. The van der Waals surface area contributed by atoms with E-state index < -0.39 is 10.0 Å². The molecule has 6 nitrogen and oxygen atoms in total. The molecule has 1 aliphatic heterocycles. The van der Waals surface area contributed by atoms with Crippen molar-refractivity contribution in [2.24, 2.45) is 0 Å². The Morgan fingerprint density at radius 1 is 1.17 bits per heavy atom. The zero-order valence-corrected chi connectivity index (χ0v) is 14.6. The molecule has 24 heavy (non-hydrogen) atoms. The van der Waals surface area contributed by atoms with E-state index in [0.717, 1.165) is 32.1 Å². The van der Waals surface area contributed by atoms with E-state index in [2.05, 4.69) is 11.4 Å². The van der Waals surface area contributed by atoms with E-state index in [1.807, 2.05) is 0 Å². The van der Waals surface area contributed by atoms with E-state index in [-0.39, 0.29) is 16.8 Å². The fourth-order valence-electron chi connectivity index (χ4n) is 3.19. The average Bonchev–Trinajstić information content (AvgIpc) is 3.28. The van der Waals surface area contributed by atoms with Crippen LogP contribution in [0, 0.1) is 0 Å². The third kappa shape index (κ3) is 3.89. The van der Waals surface area contributed by atoms with E-state index in [4.69, 9.17) is 4.42 Å².